The summed E-state index contributed by atoms with van der Waals surface area (Å²) in [5, 5.41) is 0. The quantitative estimate of drug-likeness (QED) is 0.617. The number of ether oxygens (including phenoxy) is 3. The molecule has 1 aromatic carbocycles. The van der Waals surface area contributed by atoms with Gasteiger partial charge in [0, 0.05) is 19.8 Å². The predicted molar refractivity (Wildman–Crippen MR) is 93.6 cm³/mol. The van der Waals surface area contributed by atoms with E-state index in [4.69, 9.17) is 14.2 Å². The van der Waals surface area contributed by atoms with Crippen molar-refractivity contribution in [1.29, 1.82) is 0 Å². The van der Waals surface area contributed by atoms with Gasteiger partial charge in [-0.2, -0.15) is 0 Å². The lowest BCUT2D eigenvalue weighted by molar-refractivity contribution is 0.115. The molecule has 0 bridgehead atoms. The number of benzene rings is 1. The number of nitrogens with zero attached hydrogens (tertiary/aromatic N) is 1. The molecule has 0 amide bonds. The third-order valence-electron chi connectivity index (χ3n) is 4.41. The average Bonchev–Trinajstić information content (AvgIpc) is 2.61. The van der Waals surface area contributed by atoms with E-state index in [2.05, 4.69) is 17.0 Å². The second-order valence-electron chi connectivity index (χ2n) is 6.16. The Morgan fingerprint density at radius 3 is 2.39 bits per heavy atom. The van der Waals surface area contributed by atoms with E-state index in [0.29, 0.717) is 0 Å². The molecular formula is C19H31NO3. The number of aryl methyl sites for hydroxylation is 1. The second-order valence-corrected chi connectivity index (χ2v) is 6.16. The maximum Gasteiger partial charge on any atom is 0.160 e. The molecule has 0 N–H and O–H groups in total. The molecule has 1 fully saturated rings. The lowest BCUT2D eigenvalue weighted by atomic mass is 10.1. The minimum atomic E-state index is 0.783. The van der Waals surface area contributed by atoms with Crippen LogP contribution in [-0.4, -0.2) is 52.0 Å². The molecule has 1 aromatic rings. The number of hydrogen-bond donors (Lipinski definition) is 0. The monoisotopic (exact) mass is 321 g/mol. The van der Waals surface area contributed by atoms with Crippen LogP contribution in [0.25, 0.3) is 0 Å². The molecule has 1 saturated heterocycles. The fraction of sp³-hybridized carbons (Fsp3) is 0.684. The largest absolute Gasteiger partial charge is 0.493 e. The van der Waals surface area contributed by atoms with Crippen LogP contribution in [0.4, 0.5) is 0 Å². The highest BCUT2D eigenvalue weighted by Crippen LogP contribution is 2.27. The van der Waals surface area contributed by atoms with Gasteiger partial charge < -0.3 is 19.1 Å². The number of piperidine rings is 1. The average molecular weight is 321 g/mol. The first-order chi connectivity index (χ1) is 11.3. The van der Waals surface area contributed by atoms with Crippen LogP contribution in [-0.2, 0) is 11.2 Å². The molecule has 4 nitrogen and oxygen atoms in total. The van der Waals surface area contributed by atoms with E-state index in [-0.39, 0.29) is 0 Å². The molecule has 0 spiro atoms. The Bertz CT molecular complexity index is 444. The van der Waals surface area contributed by atoms with Gasteiger partial charge >= 0.3 is 0 Å². The van der Waals surface area contributed by atoms with Gasteiger partial charge in [-0.05, 0) is 62.9 Å². The molecule has 1 aliphatic rings. The molecule has 130 valence electrons. The Morgan fingerprint density at radius 1 is 0.913 bits per heavy atom. The van der Waals surface area contributed by atoms with Gasteiger partial charge in [0.05, 0.1) is 14.2 Å². The van der Waals surface area contributed by atoms with Crippen LogP contribution < -0.4 is 9.47 Å². The van der Waals surface area contributed by atoms with E-state index in [0.717, 1.165) is 44.0 Å². The minimum absolute atomic E-state index is 0.783. The standard InChI is InChI=1S/C19H31NO3/c1-21-18-10-9-17(16-19(18)22-2)8-6-14-23-15-7-13-20-11-4-3-5-12-20/h9-10,16H,3-8,11-15H2,1-2H3. The van der Waals surface area contributed by atoms with Crippen molar-refractivity contribution in [2.75, 3.05) is 47.1 Å². The first-order valence-electron chi connectivity index (χ1n) is 8.84. The van der Waals surface area contributed by atoms with Crippen LogP contribution >= 0.6 is 0 Å². The van der Waals surface area contributed by atoms with Crippen LogP contribution in [0.3, 0.4) is 0 Å². The van der Waals surface area contributed by atoms with Gasteiger partial charge in [0.2, 0.25) is 0 Å². The molecule has 0 saturated carbocycles. The summed E-state index contributed by atoms with van der Waals surface area (Å²) in [7, 11) is 3.34. The van der Waals surface area contributed by atoms with E-state index in [1.165, 1.54) is 44.5 Å². The highest BCUT2D eigenvalue weighted by atomic mass is 16.5. The van der Waals surface area contributed by atoms with Crippen molar-refractivity contribution in [2.24, 2.45) is 0 Å². The summed E-state index contributed by atoms with van der Waals surface area (Å²) in [4.78, 5) is 2.57. The van der Waals surface area contributed by atoms with Crippen LogP contribution in [0.15, 0.2) is 18.2 Å². The molecule has 0 aromatic heterocycles. The number of hydrogen-bond acceptors (Lipinski definition) is 4. The molecule has 0 unspecified atom stereocenters. The minimum Gasteiger partial charge on any atom is -0.493 e. The Morgan fingerprint density at radius 2 is 1.65 bits per heavy atom. The SMILES string of the molecule is COc1ccc(CCCOCCCN2CCCCC2)cc1OC. The highest BCUT2D eigenvalue weighted by molar-refractivity contribution is 5.42. The van der Waals surface area contributed by atoms with Gasteiger partial charge in [0.1, 0.15) is 0 Å². The van der Waals surface area contributed by atoms with Gasteiger partial charge in [0.15, 0.2) is 11.5 Å². The third-order valence-corrected chi connectivity index (χ3v) is 4.41. The Hall–Kier alpha value is -1.26. The first-order valence-corrected chi connectivity index (χ1v) is 8.84. The topological polar surface area (TPSA) is 30.9 Å². The number of methoxy groups -OCH3 is 2. The maximum atomic E-state index is 5.77. The normalized spacial score (nSPS) is 15.6. The summed E-state index contributed by atoms with van der Waals surface area (Å²) >= 11 is 0. The number of likely N-dealkylation sites (tertiary alicyclic amines) is 1. The van der Waals surface area contributed by atoms with Crippen LogP contribution in [0.5, 0.6) is 11.5 Å². The molecule has 1 aliphatic heterocycles. The van der Waals surface area contributed by atoms with E-state index < -0.39 is 0 Å². The predicted octanol–water partition coefficient (Wildman–Crippen LogP) is 3.53. The molecule has 0 radical (unpaired) electrons. The molecule has 23 heavy (non-hydrogen) atoms. The van der Waals surface area contributed by atoms with Gasteiger partial charge in [0.25, 0.3) is 0 Å². The van der Waals surface area contributed by atoms with Crippen LogP contribution in [0, 0.1) is 0 Å². The van der Waals surface area contributed by atoms with Crippen molar-refractivity contribution in [1.82, 2.24) is 4.90 Å². The zero-order valence-electron chi connectivity index (χ0n) is 14.7. The Balaban J connectivity index is 1.55. The highest BCUT2D eigenvalue weighted by Gasteiger charge is 2.09. The lowest BCUT2D eigenvalue weighted by Crippen LogP contribution is -2.31. The van der Waals surface area contributed by atoms with Crippen molar-refractivity contribution in [3.63, 3.8) is 0 Å². The van der Waals surface area contributed by atoms with Gasteiger partial charge in [-0.25, -0.2) is 0 Å². The van der Waals surface area contributed by atoms with E-state index in [1.54, 1.807) is 14.2 Å². The van der Waals surface area contributed by atoms with Gasteiger partial charge in [-0.1, -0.05) is 12.5 Å². The lowest BCUT2D eigenvalue weighted by Gasteiger charge is -2.26. The molecule has 0 atom stereocenters. The van der Waals surface area contributed by atoms with Crippen LogP contribution in [0.1, 0.15) is 37.7 Å². The molecule has 1 heterocycles. The van der Waals surface area contributed by atoms with Crippen molar-refractivity contribution in [3.05, 3.63) is 23.8 Å². The summed E-state index contributed by atoms with van der Waals surface area (Å²) in [6.45, 7) is 5.45. The molecule has 0 aliphatic carbocycles. The number of rotatable bonds is 10. The summed E-state index contributed by atoms with van der Waals surface area (Å²) in [6.07, 6.45) is 7.34. The smallest absolute Gasteiger partial charge is 0.160 e. The Labute approximate surface area is 140 Å². The van der Waals surface area contributed by atoms with E-state index in [1.807, 2.05) is 6.07 Å². The maximum absolute atomic E-state index is 5.77. The Kier molecular flexibility index (Phi) is 8.26. The summed E-state index contributed by atoms with van der Waals surface area (Å²) in [6, 6.07) is 6.11. The fourth-order valence-electron chi connectivity index (χ4n) is 3.09. The zero-order valence-corrected chi connectivity index (χ0v) is 14.7. The third kappa shape index (κ3) is 6.40. The van der Waals surface area contributed by atoms with E-state index >= 15 is 0 Å². The van der Waals surface area contributed by atoms with Crippen molar-refractivity contribution in [3.8, 4) is 11.5 Å². The van der Waals surface area contributed by atoms with Gasteiger partial charge in [-0.15, -0.1) is 0 Å². The summed E-state index contributed by atoms with van der Waals surface area (Å²) in [5.74, 6) is 1.58. The van der Waals surface area contributed by atoms with Crippen molar-refractivity contribution < 1.29 is 14.2 Å². The van der Waals surface area contributed by atoms with Gasteiger partial charge in [-0.3, -0.25) is 0 Å². The van der Waals surface area contributed by atoms with Crippen molar-refractivity contribution in [2.45, 2.75) is 38.5 Å². The fourth-order valence-corrected chi connectivity index (χ4v) is 3.09. The van der Waals surface area contributed by atoms with Crippen molar-refractivity contribution >= 4 is 0 Å². The first kappa shape index (κ1) is 18.1. The zero-order chi connectivity index (χ0) is 16.3. The van der Waals surface area contributed by atoms with Crippen LogP contribution in [0.2, 0.25) is 0 Å². The molecule has 2 rings (SSSR count). The van der Waals surface area contributed by atoms with E-state index in [9.17, 15) is 0 Å². The molecular weight excluding hydrogens is 290 g/mol. The second kappa shape index (κ2) is 10.5. The summed E-state index contributed by atoms with van der Waals surface area (Å²) in [5.41, 5.74) is 1.26. The molecule has 4 heteroatoms. The summed E-state index contributed by atoms with van der Waals surface area (Å²) < 4.78 is 16.4.